The highest BCUT2D eigenvalue weighted by molar-refractivity contribution is 6.07. The Balaban J connectivity index is 1.77. The van der Waals surface area contributed by atoms with Crippen molar-refractivity contribution in [3.63, 3.8) is 0 Å². The highest BCUT2D eigenvalue weighted by atomic mass is 16.4. The Morgan fingerprint density at radius 3 is 2.62 bits per heavy atom. The summed E-state index contributed by atoms with van der Waals surface area (Å²) in [7, 11) is 0. The third kappa shape index (κ3) is 2.25. The van der Waals surface area contributed by atoms with Crippen molar-refractivity contribution in [2.45, 2.75) is 19.0 Å². The van der Waals surface area contributed by atoms with E-state index in [1.54, 1.807) is 18.3 Å². The summed E-state index contributed by atoms with van der Waals surface area (Å²) < 4.78 is 0. The number of amides is 1. The number of H-pyrrole nitrogens is 1. The lowest BCUT2D eigenvalue weighted by atomic mass is 9.93. The fourth-order valence-electron chi connectivity index (χ4n) is 3.38. The van der Waals surface area contributed by atoms with E-state index in [-0.39, 0.29) is 5.91 Å². The molecule has 24 heavy (non-hydrogen) atoms. The molecule has 120 valence electrons. The first-order valence-corrected chi connectivity index (χ1v) is 7.82. The number of rotatable bonds is 2. The van der Waals surface area contributed by atoms with Crippen LogP contribution in [0.2, 0.25) is 0 Å². The number of carboxylic acid groups (broad SMARTS) is 1. The largest absolute Gasteiger partial charge is 0.480 e. The SMILES string of the molecule is O=C(O)C1Cc2ccccc2CN1C(=O)c1cccc2[nH]ccc12. The number of aromatic nitrogens is 1. The van der Waals surface area contributed by atoms with Crippen LogP contribution in [-0.2, 0) is 17.8 Å². The van der Waals surface area contributed by atoms with Gasteiger partial charge in [-0.1, -0.05) is 30.3 Å². The predicted molar refractivity (Wildman–Crippen MR) is 89.7 cm³/mol. The molecule has 4 rings (SSSR count). The van der Waals surface area contributed by atoms with E-state index in [1.165, 1.54) is 4.90 Å². The Hall–Kier alpha value is -3.08. The van der Waals surface area contributed by atoms with Crippen molar-refractivity contribution >= 4 is 22.8 Å². The van der Waals surface area contributed by atoms with Crippen molar-refractivity contribution in [3.05, 3.63) is 71.4 Å². The monoisotopic (exact) mass is 320 g/mol. The number of aliphatic carboxylic acids is 1. The Morgan fingerprint density at radius 1 is 1.04 bits per heavy atom. The zero-order chi connectivity index (χ0) is 16.7. The summed E-state index contributed by atoms with van der Waals surface area (Å²) in [6.07, 6.45) is 2.11. The maximum Gasteiger partial charge on any atom is 0.326 e. The molecule has 0 radical (unpaired) electrons. The lowest BCUT2D eigenvalue weighted by molar-refractivity contribution is -0.142. The minimum Gasteiger partial charge on any atom is -0.480 e. The number of nitrogens with one attached hydrogen (secondary N) is 1. The summed E-state index contributed by atoms with van der Waals surface area (Å²) in [5, 5.41) is 10.4. The quantitative estimate of drug-likeness (QED) is 0.762. The van der Waals surface area contributed by atoms with Gasteiger partial charge in [0.15, 0.2) is 0 Å². The number of carbonyl (C=O) groups excluding carboxylic acids is 1. The number of aromatic amines is 1. The zero-order valence-corrected chi connectivity index (χ0v) is 12.9. The van der Waals surface area contributed by atoms with Crippen LogP contribution in [0.3, 0.4) is 0 Å². The summed E-state index contributed by atoms with van der Waals surface area (Å²) in [5.74, 6) is -1.22. The van der Waals surface area contributed by atoms with E-state index in [2.05, 4.69) is 4.98 Å². The molecule has 5 nitrogen and oxygen atoms in total. The van der Waals surface area contributed by atoms with E-state index in [4.69, 9.17) is 0 Å². The highest BCUT2D eigenvalue weighted by Crippen LogP contribution is 2.27. The molecule has 1 atom stereocenters. The molecule has 0 spiro atoms. The molecule has 0 fully saturated rings. The van der Waals surface area contributed by atoms with E-state index in [0.717, 1.165) is 22.0 Å². The maximum absolute atomic E-state index is 13.1. The number of benzene rings is 2. The summed E-state index contributed by atoms with van der Waals surface area (Å²) >= 11 is 0. The van der Waals surface area contributed by atoms with Crippen molar-refractivity contribution in [1.29, 1.82) is 0 Å². The van der Waals surface area contributed by atoms with Gasteiger partial charge < -0.3 is 15.0 Å². The van der Waals surface area contributed by atoms with Gasteiger partial charge in [0.25, 0.3) is 5.91 Å². The molecule has 2 N–H and O–H groups in total. The number of carboxylic acids is 1. The van der Waals surface area contributed by atoms with E-state index >= 15 is 0 Å². The molecule has 1 aliphatic rings. The minimum atomic E-state index is -0.973. The maximum atomic E-state index is 13.1. The lowest BCUT2D eigenvalue weighted by Crippen LogP contribution is -2.48. The minimum absolute atomic E-state index is 0.248. The van der Waals surface area contributed by atoms with Crippen molar-refractivity contribution in [1.82, 2.24) is 9.88 Å². The van der Waals surface area contributed by atoms with Gasteiger partial charge >= 0.3 is 5.97 Å². The molecule has 2 aromatic carbocycles. The second-order valence-electron chi connectivity index (χ2n) is 6.00. The van der Waals surface area contributed by atoms with Gasteiger partial charge in [0.2, 0.25) is 0 Å². The number of nitrogens with zero attached hydrogens (tertiary/aromatic N) is 1. The van der Waals surface area contributed by atoms with Crippen LogP contribution in [0.25, 0.3) is 10.9 Å². The Bertz CT molecular complexity index is 944. The van der Waals surface area contributed by atoms with E-state index in [1.807, 2.05) is 36.4 Å². The van der Waals surface area contributed by atoms with E-state index in [0.29, 0.717) is 18.5 Å². The lowest BCUT2D eigenvalue weighted by Gasteiger charge is -2.34. The van der Waals surface area contributed by atoms with E-state index < -0.39 is 12.0 Å². The number of carbonyl (C=O) groups is 2. The Labute approximate surface area is 138 Å². The molecule has 1 aromatic heterocycles. The molecule has 0 bridgehead atoms. The Kier molecular flexibility index (Phi) is 3.34. The third-order valence-electron chi connectivity index (χ3n) is 4.62. The first-order chi connectivity index (χ1) is 11.6. The van der Waals surface area contributed by atoms with Gasteiger partial charge in [-0.2, -0.15) is 0 Å². The van der Waals surface area contributed by atoms with Crippen molar-refractivity contribution in [2.24, 2.45) is 0 Å². The summed E-state index contributed by atoms with van der Waals surface area (Å²) in [6, 6.07) is 14.1. The van der Waals surface area contributed by atoms with Crippen LogP contribution in [0.1, 0.15) is 21.5 Å². The standard InChI is InChI=1S/C19H16N2O3/c22-18(15-6-3-7-16-14(15)8-9-20-16)21-11-13-5-2-1-4-12(13)10-17(21)19(23)24/h1-9,17,20H,10-11H2,(H,23,24). The second kappa shape index (κ2) is 5.53. The number of hydrogen-bond donors (Lipinski definition) is 2. The first kappa shape index (κ1) is 14.5. The van der Waals surface area contributed by atoms with Crippen molar-refractivity contribution in [2.75, 3.05) is 0 Å². The number of hydrogen-bond acceptors (Lipinski definition) is 2. The molecule has 1 unspecified atom stereocenters. The number of fused-ring (bicyclic) bond motifs is 2. The molecule has 0 saturated carbocycles. The van der Waals surface area contributed by atoms with Crippen molar-refractivity contribution in [3.8, 4) is 0 Å². The molecule has 0 aliphatic carbocycles. The summed E-state index contributed by atoms with van der Waals surface area (Å²) in [5.41, 5.74) is 3.39. The molecule has 1 aliphatic heterocycles. The summed E-state index contributed by atoms with van der Waals surface area (Å²) in [4.78, 5) is 29.4. The molecule has 5 heteroatoms. The zero-order valence-electron chi connectivity index (χ0n) is 12.9. The van der Waals surface area contributed by atoms with Crippen LogP contribution < -0.4 is 0 Å². The Morgan fingerprint density at radius 2 is 1.83 bits per heavy atom. The highest BCUT2D eigenvalue weighted by Gasteiger charge is 2.35. The van der Waals surface area contributed by atoms with Gasteiger partial charge in [-0.3, -0.25) is 4.79 Å². The topological polar surface area (TPSA) is 73.4 Å². The van der Waals surface area contributed by atoms with Gasteiger partial charge in [0.05, 0.1) is 0 Å². The van der Waals surface area contributed by atoms with Crippen LogP contribution in [0.5, 0.6) is 0 Å². The average Bonchev–Trinajstić information content (AvgIpc) is 3.08. The van der Waals surface area contributed by atoms with Gasteiger partial charge in [0, 0.05) is 35.6 Å². The van der Waals surface area contributed by atoms with Crippen LogP contribution in [-0.4, -0.2) is 32.9 Å². The van der Waals surface area contributed by atoms with E-state index in [9.17, 15) is 14.7 Å². The first-order valence-electron chi connectivity index (χ1n) is 7.82. The second-order valence-corrected chi connectivity index (χ2v) is 6.00. The van der Waals surface area contributed by atoms with Gasteiger partial charge in [-0.25, -0.2) is 4.79 Å². The fourth-order valence-corrected chi connectivity index (χ4v) is 3.38. The fraction of sp³-hybridized carbons (Fsp3) is 0.158. The predicted octanol–water partition coefficient (Wildman–Crippen LogP) is 2.82. The average molecular weight is 320 g/mol. The molecule has 1 amide bonds. The third-order valence-corrected chi connectivity index (χ3v) is 4.62. The van der Waals surface area contributed by atoms with Gasteiger partial charge in [-0.15, -0.1) is 0 Å². The molecule has 0 saturated heterocycles. The van der Waals surface area contributed by atoms with Crippen LogP contribution in [0.4, 0.5) is 0 Å². The van der Waals surface area contributed by atoms with Crippen molar-refractivity contribution < 1.29 is 14.7 Å². The normalized spacial score (nSPS) is 16.8. The molecular formula is C19H16N2O3. The van der Waals surface area contributed by atoms with Crippen LogP contribution in [0, 0.1) is 0 Å². The van der Waals surface area contributed by atoms with Gasteiger partial charge in [0.1, 0.15) is 6.04 Å². The smallest absolute Gasteiger partial charge is 0.326 e. The van der Waals surface area contributed by atoms with Crippen LogP contribution >= 0.6 is 0 Å². The van der Waals surface area contributed by atoms with Gasteiger partial charge in [-0.05, 0) is 29.3 Å². The van der Waals surface area contributed by atoms with Crippen LogP contribution in [0.15, 0.2) is 54.7 Å². The molecule has 3 aromatic rings. The summed E-state index contributed by atoms with van der Waals surface area (Å²) in [6.45, 7) is 0.312. The molecular weight excluding hydrogens is 304 g/mol. The molecule has 2 heterocycles.